The number of rotatable bonds is 6. The minimum Gasteiger partial charge on any atom is -0.469 e. The molecule has 1 fully saturated rings. The molecule has 0 spiro atoms. The second kappa shape index (κ2) is 7.06. The fourth-order valence-corrected chi connectivity index (χ4v) is 3.56. The number of carbonyl (C=O) groups is 1. The number of ether oxygens (including phenoxy) is 2. The highest BCUT2D eigenvalue weighted by molar-refractivity contribution is 7.89. The zero-order valence-corrected chi connectivity index (χ0v) is 11.7. The van der Waals surface area contributed by atoms with Crippen LogP contribution >= 0.6 is 0 Å². The number of carbonyl (C=O) groups excluding carboxylic acids is 1. The molecule has 0 aromatic rings. The van der Waals surface area contributed by atoms with Crippen LogP contribution in [0.5, 0.6) is 0 Å². The van der Waals surface area contributed by atoms with Crippen LogP contribution in [0.1, 0.15) is 19.3 Å². The molecule has 0 N–H and O–H groups in total. The lowest BCUT2D eigenvalue weighted by Gasteiger charge is -2.29. The van der Waals surface area contributed by atoms with Crippen molar-refractivity contribution >= 4 is 16.0 Å². The molecular formula is C11H21NO5S. The second-order valence-electron chi connectivity index (χ2n) is 4.36. The quantitative estimate of drug-likeness (QED) is 0.514. The van der Waals surface area contributed by atoms with E-state index < -0.39 is 10.0 Å². The maximum absolute atomic E-state index is 12.0. The monoisotopic (exact) mass is 279 g/mol. The summed E-state index contributed by atoms with van der Waals surface area (Å²) in [7, 11) is -0.303. The minimum atomic E-state index is -3.21. The lowest BCUT2D eigenvalue weighted by atomic mass is 9.99. The molecule has 6 nitrogen and oxygen atoms in total. The van der Waals surface area contributed by atoms with Gasteiger partial charge in [0.05, 0.1) is 18.8 Å². The minimum absolute atomic E-state index is 0.101. The smallest absolute Gasteiger partial charge is 0.308 e. The van der Waals surface area contributed by atoms with Gasteiger partial charge in [-0.05, 0) is 19.3 Å². The van der Waals surface area contributed by atoms with Gasteiger partial charge in [0, 0.05) is 26.8 Å². The summed E-state index contributed by atoms with van der Waals surface area (Å²) in [5.41, 5.74) is 0. The van der Waals surface area contributed by atoms with Crippen molar-refractivity contribution < 1.29 is 22.7 Å². The molecule has 0 aromatic heterocycles. The summed E-state index contributed by atoms with van der Waals surface area (Å²) in [6, 6.07) is 0. The predicted octanol–water partition coefficient (Wildman–Crippen LogP) is 0.238. The molecule has 1 aliphatic heterocycles. The molecule has 0 unspecified atom stereocenters. The van der Waals surface area contributed by atoms with Crippen molar-refractivity contribution in [3.63, 3.8) is 0 Å². The van der Waals surface area contributed by atoms with Gasteiger partial charge in [-0.2, -0.15) is 0 Å². The molecule has 0 amide bonds. The average Bonchev–Trinajstić information content (AvgIpc) is 2.38. The molecule has 0 radical (unpaired) electrons. The maximum Gasteiger partial charge on any atom is 0.308 e. The SMILES string of the molecule is COCCCS(=O)(=O)N1CCC(C(=O)OC)CC1. The molecule has 0 aliphatic carbocycles. The zero-order valence-electron chi connectivity index (χ0n) is 10.9. The van der Waals surface area contributed by atoms with E-state index in [2.05, 4.69) is 4.74 Å². The van der Waals surface area contributed by atoms with E-state index in [1.165, 1.54) is 11.4 Å². The molecule has 0 bridgehead atoms. The third-order valence-electron chi connectivity index (χ3n) is 3.13. The highest BCUT2D eigenvalue weighted by Gasteiger charge is 2.31. The Morgan fingerprint density at radius 2 is 1.89 bits per heavy atom. The van der Waals surface area contributed by atoms with Crippen LogP contribution in [0.25, 0.3) is 0 Å². The molecule has 0 atom stereocenters. The van der Waals surface area contributed by atoms with E-state index in [4.69, 9.17) is 4.74 Å². The van der Waals surface area contributed by atoms with Gasteiger partial charge in [-0.25, -0.2) is 12.7 Å². The molecule has 0 saturated carbocycles. The van der Waals surface area contributed by atoms with Crippen LogP contribution in [0.15, 0.2) is 0 Å². The number of piperidine rings is 1. The molecule has 1 aliphatic rings. The Morgan fingerprint density at radius 3 is 2.39 bits per heavy atom. The molecule has 1 heterocycles. The highest BCUT2D eigenvalue weighted by atomic mass is 32.2. The van der Waals surface area contributed by atoms with Crippen LogP contribution in [0, 0.1) is 5.92 Å². The Kier molecular flexibility index (Phi) is 6.04. The summed E-state index contributed by atoms with van der Waals surface area (Å²) in [6.45, 7) is 1.24. The van der Waals surface area contributed by atoms with Gasteiger partial charge in [0.2, 0.25) is 10.0 Å². The van der Waals surface area contributed by atoms with Crippen molar-refractivity contribution in [3.05, 3.63) is 0 Å². The van der Waals surface area contributed by atoms with Gasteiger partial charge in [0.15, 0.2) is 0 Å². The number of nitrogens with zero attached hydrogens (tertiary/aromatic N) is 1. The van der Waals surface area contributed by atoms with Gasteiger partial charge in [-0.1, -0.05) is 0 Å². The Balaban J connectivity index is 2.44. The maximum atomic E-state index is 12.0. The molecule has 1 rings (SSSR count). The van der Waals surface area contributed by atoms with Crippen molar-refractivity contribution in [1.82, 2.24) is 4.31 Å². The molecule has 18 heavy (non-hydrogen) atoms. The van der Waals surface area contributed by atoms with Gasteiger partial charge in [-0.3, -0.25) is 4.79 Å². The summed E-state index contributed by atoms with van der Waals surface area (Å²) >= 11 is 0. The van der Waals surface area contributed by atoms with Crippen LogP contribution in [-0.2, 0) is 24.3 Å². The van der Waals surface area contributed by atoms with Crippen molar-refractivity contribution in [2.24, 2.45) is 5.92 Å². The fraction of sp³-hybridized carbons (Fsp3) is 0.909. The lowest BCUT2D eigenvalue weighted by molar-refractivity contribution is -0.146. The van der Waals surface area contributed by atoms with Crippen LogP contribution in [0.2, 0.25) is 0 Å². The van der Waals surface area contributed by atoms with Crippen molar-refractivity contribution in [1.29, 1.82) is 0 Å². The predicted molar refractivity (Wildman–Crippen MR) is 66.6 cm³/mol. The van der Waals surface area contributed by atoms with Crippen molar-refractivity contribution in [2.75, 3.05) is 39.7 Å². The van der Waals surface area contributed by atoms with E-state index in [1.54, 1.807) is 7.11 Å². The molecule has 106 valence electrons. The van der Waals surface area contributed by atoms with E-state index in [-0.39, 0.29) is 17.6 Å². The van der Waals surface area contributed by atoms with Crippen LogP contribution in [-0.4, -0.2) is 58.4 Å². The van der Waals surface area contributed by atoms with Crippen molar-refractivity contribution in [2.45, 2.75) is 19.3 Å². The first-order chi connectivity index (χ1) is 8.51. The molecule has 1 saturated heterocycles. The average molecular weight is 279 g/mol. The van der Waals surface area contributed by atoms with Crippen LogP contribution < -0.4 is 0 Å². The summed E-state index contributed by atoms with van der Waals surface area (Å²) in [5.74, 6) is -0.309. The van der Waals surface area contributed by atoms with E-state index in [1.807, 2.05) is 0 Å². The summed E-state index contributed by atoms with van der Waals surface area (Å²) in [5, 5.41) is 0. The molecule has 7 heteroatoms. The van der Waals surface area contributed by atoms with E-state index in [0.29, 0.717) is 39.0 Å². The standard InChI is InChI=1S/C11H21NO5S/c1-16-8-3-9-18(14,15)12-6-4-10(5-7-12)11(13)17-2/h10H,3-9H2,1-2H3. The van der Waals surface area contributed by atoms with E-state index in [9.17, 15) is 13.2 Å². The Labute approximate surface area is 108 Å². The topological polar surface area (TPSA) is 72.9 Å². The van der Waals surface area contributed by atoms with Crippen molar-refractivity contribution in [3.8, 4) is 0 Å². The van der Waals surface area contributed by atoms with Gasteiger partial charge >= 0.3 is 5.97 Å². The molecular weight excluding hydrogens is 258 g/mol. The number of esters is 1. The highest BCUT2D eigenvalue weighted by Crippen LogP contribution is 2.21. The normalized spacial score (nSPS) is 18.8. The summed E-state index contributed by atoms with van der Waals surface area (Å²) in [4.78, 5) is 11.3. The Morgan fingerprint density at radius 1 is 1.28 bits per heavy atom. The van der Waals surface area contributed by atoms with Gasteiger partial charge in [0.1, 0.15) is 0 Å². The second-order valence-corrected chi connectivity index (χ2v) is 6.45. The number of hydrogen-bond acceptors (Lipinski definition) is 5. The van der Waals surface area contributed by atoms with Crippen LogP contribution in [0.3, 0.4) is 0 Å². The Hall–Kier alpha value is -0.660. The lowest BCUT2D eigenvalue weighted by Crippen LogP contribution is -2.41. The largest absolute Gasteiger partial charge is 0.469 e. The zero-order chi connectivity index (χ0) is 13.6. The first-order valence-corrected chi connectivity index (χ1v) is 7.66. The fourth-order valence-electron chi connectivity index (χ4n) is 2.05. The number of sulfonamides is 1. The molecule has 0 aromatic carbocycles. The Bertz CT molecular complexity index is 360. The summed E-state index contributed by atoms with van der Waals surface area (Å²) < 4.78 is 34.9. The van der Waals surface area contributed by atoms with Crippen LogP contribution in [0.4, 0.5) is 0 Å². The summed E-state index contributed by atoms with van der Waals surface area (Å²) in [6.07, 6.45) is 1.57. The van der Waals surface area contributed by atoms with E-state index >= 15 is 0 Å². The third kappa shape index (κ3) is 4.22. The van der Waals surface area contributed by atoms with Gasteiger partial charge < -0.3 is 9.47 Å². The first kappa shape index (κ1) is 15.4. The van der Waals surface area contributed by atoms with E-state index in [0.717, 1.165) is 0 Å². The number of hydrogen-bond donors (Lipinski definition) is 0. The third-order valence-corrected chi connectivity index (χ3v) is 5.09. The first-order valence-electron chi connectivity index (χ1n) is 6.06. The van der Waals surface area contributed by atoms with Gasteiger partial charge in [-0.15, -0.1) is 0 Å². The number of methoxy groups -OCH3 is 2. The van der Waals surface area contributed by atoms with Gasteiger partial charge in [0.25, 0.3) is 0 Å².